The Hall–Kier alpha value is -1.55. The van der Waals surface area contributed by atoms with Gasteiger partial charge in [0.25, 0.3) is 0 Å². The molecule has 2 aromatic rings. The van der Waals surface area contributed by atoms with Crippen molar-refractivity contribution in [3.63, 3.8) is 0 Å². The molecule has 14 heavy (non-hydrogen) atoms. The largest absolute Gasteiger partial charge is 0.399 e. The average Bonchev–Trinajstić information content (AvgIpc) is 2.57. The molecule has 0 amide bonds. The molecule has 2 rings (SSSR count). The molecule has 74 valence electrons. The number of fused-ring (bicyclic) bond motifs is 1. The van der Waals surface area contributed by atoms with Crippen LogP contribution in [0.2, 0.25) is 0 Å². The van der Waals surface area contributed by atoms with E-state index in [0.717, 1.165) is 23.3 Å². The number of methoxy groups -OCH3 is 1. The van der Waals surface area contributed by atoms with Gasteiger partial charge in [0.1, 0.15) is 0 Å². The zero-order valence-corrected chi connectivity index (χ0v) is 8.10. The molecule has 4 heteroatoms. The summed E-state index contributed by atoms with van der Waals surface area (Å²) in [5.41, 5.74) is 8.49. The number of aromatic nitrogens is 2. The van der Waals surface area contributed by atoms with E-state index in [2.05, 4.69) is 4.98 Å². The summed E-state index contributed by atoms with van der Waals surface area (Å²) in [5.74, 6) is 0. The third-order valence-electron chi connectivity index (χ3n) is 2.18. The monoisotopic (exact) mass is 191 g/mol. The van der Waals surface area contributed by atoms with Gasteiger partial charge >= 0.3 is 0 Å². The van der Waals surface area contributed by atoms with Crippen LogP contribution in [0.3, 0.4) is 0 Å². The van der Waals surface area contributed by atoms with Gasteiger partial charge < -0.3 is 15.0 Å². The lowest BCUT2D eigenvalue weighted by molar-refractivity contribution is 0.188. The molecule has 0 aliphatic heterocycles. The highest BCUT2D eigenvalue weighted by atomic mass is 16.5. The van der Waals surface area contributed by atoms with E-state index >= 15 is 0 Å². The van der Waals surface area contributed by atoms with E-state index in [1.54, 1.807) is 7.11 Å². The lowest BCUT2D eigenvalue weighted by Crippen LogP contribution is -2.02. The molecule has 1 aromatic carbocycles. The van der Waals surface area contributed by atoms with E-state index in [1.165, 1.54) is 0 Å². The first-order chi connectivity index (χ1) is 6.81. The number of rotatable bonds is 3. The third kappa shape index (κ3) is 1.56. The lowest BCUT2D eigenvalue weighted by Gasteiger charge is -2.02. The summed E-state index contributed by atoms with van der Waals surface area (Å²) in [5, 5.41) is 0. The molecule has 0 fully saturated rings. The Morgan fingerprint density at radius 3 is 3.14 bits per heavy atom. The van der Waals surface area contributed by atoms with Crippen LogP contribution in [0.25, 0.3) is 11.0 Å². The highest BCUT2D eigenvalue weighted by molar-refractivity contribution is 5.78. The summed E-state index contributed by atoms with van der Waals surface area (Å²) in [6.07, 6.45) is 1.81. The third-order valence-corrected chi connectivity index (χ3v) is 2.18. The number of ether oxygens (including phenoxy) is 1. The van der Waals surface area contributed by atoms with Crippen molar-refractivity contribution in [2.75, 3.05) is 19.5 Å². The molecule has 1 aromatic heterocycles. The topological polar surface area (TPSA) is 53.1 Å². The van der Waals surface area contributed by atoms with E-state index < -0.39 is 0 Å². The first-order valence-corrected chi connectivity index (χ1v) is 4.50. The van der Waals surface area contributed by atoms with Gasteiger partial charge in [-0.3, -0.25) is 0 Å². The van der Waals surface area contributed by atoms with Gasteiger partial charge in [0.15, 0.2) is 0 Å². The fraction of sp³-hybridized carbons (Fsp3) is 0.300. The first kappa shape index (κ1) is 9.02. The molecule has 0 unspecified atom stereocenters. The molecule has 0 bridgehead atoms. The quantitative estimate of drug-likeness (QED) is 0.743. The van der Waals surface area contributed by atoms with Crippen molar-refractivity contribution >= 4 is 16.7 Å². The second kappa shape index (κ2) is 3.67. The van der Waals surface area contributed by atoms with Crippen LogP contribution in [0.1, 0.15) is 0 Å². The second-order valence-electron chi connectivity index (χ2n) is 3.18. The molecule has 0 saturated carbocycles. The summed E-state index contributed by atoms with van der Waals surface area (Å²) in [6.45, 7) is 1.48. The number of nitrogen functional groups attached to an aromatic ring is 1. The molecule has 1 heterocycles. The number of imidazole rings is 1. The van der Waals surface area contributed by atoms with Crippen molar-refractivity contribution in [1.29, 1.82) is 0 Å². The van der Waals surface area contributed by atoms with Crippen molar-refractivity contribution in [3.8, 4) is 0 Å². The van der Waals surface area contributed by atoms with Gasteiger partial charge in [0.05, 0.1) is 24.0 Å². The molecule has 4 nitrogen and oxygen atoms in total. The molecule has 0 atom stereocenters. The van der Waals surface area contributed by atoms with Crippen molar-refractivity contribution in [3.05, 3.63) is 24.5 Å². The minimum Gasteiger partial charge on any atom is -0.399 e. The fourth-order valence-corrected chi connectivity index (χ4v) is 1.44. The Morgan fingerprint density at radius 2 is 2.36 bits per heavy atom. The molecular weight excluding hydrogens is 178 g/mol. The Kier molecular flexibility index (Phi) is 2.37. The Bertz CT molecular complexity index is 436. The standard InChI is InChI=1S/C10H13N3O/c1-14-5-4-13-7-12-9-3-2-8(11)6-10(9)13/h2-3,6-7H,4-5,11H2,1H3. The number of nitrogens with two attached hydrogens (primary N) is 1. The summed E-state index contributed by atoms with van der Waals surface area (Å²) in [7, 11) is 1.69. The zero-order valence-electron chi connectivity index (χ0n) is 8.10. The predicted octanol–water partition coefficient (Wildman–Crippen LogP) is 1.26. The highest BCUT2D eigenvalue weighted by Gasteiger charge is 2.01. The van der Waals surface area contributed by atoms with Gasteiger partial charge in [-0.15, -0.1) is 0 Å². The van der Waals surface area contributed by atoms with Crippen molar-refractivity contribution in [1.82, 2.24) is 9.55 Å². The fourth-order valence-electron chi connectivity index (χ4n) is 1.44. The second-order valence-corrected chi connectivity index (χ2v) is 3.18. The average molecular weight is 191 g/mol. The van der Waals surface area contributed by atoms with E-state index in [0.29, 0.717) is 6.61 Å². The van der Waals surface area contributed by atoms with Gasteiger partial charge in [-0.25, -0.2) is 4.98 Å². The zero-order chi connectivity index (χ0) is 9.97. The number of benzene rings is 1. The van der Waals surface area contributed by atoms with Gasteiger partial charge in [-0.1, -0.05) is 0 Å². The molecule has 0 radical (unpaired) electrons. The van der Waals surface area contributed by atoms with Crippen molar-refractivity contribution in [2.24, 2.45) is 0 Å². The van der Waals surface area contributed by atoms with Gasteiger partial charge in [0, 0.05) is 19.3 Å². The molecule has 0 spiro atoms. The molecule has 2 N–H and O–H groups in total. The highest BCUT2D eigenvalue weighted by Crippen LogP contribution is 2.15. The van der Waals surface area contributed by atoms with Crippen molar-refractivity contribution < 1.29 is 4.74 Å². The van der Waals surface area contributed by atoms with Crippen LogP contribution >= 0.6 is 0 Å². The van der Waals surface area contributed by atoms with Crippen LogP contribution in [0.5, 0.6) is 0 Å². The van der Waals surface area contributed by atoms with Gasteiger partial charge in [0.2, 0.25) is 0 Å². The van der Waals surface area contributed by atoms with Crippen LogP contribution in [-0.4, -0.2) is 23.3 Å². The van der Waals surface area contributed by atoms with Crippen molar-refractivity contribution in [2.45, 2.75) is 6.54 Å². The maximum atomic E-state index is 5.71. The first-order valence-electron chi connectivity index (χ1n) is 4.50. The maximum Gasteiger partial charge on any atom is 0.0959 e. The molecule has 0 saturated heterocycles. The van der Waals surface area contributed by atoms with Gasteiger partial charge in [-0.05, 0) is 18.2 Å². The van der Waals surface area contributed by atoms with Crippen LogP contribution in [-0.2, 0) is 11.3 Å². The summed E-state index contributed by atoms with van der Waals surface area (Å²) in [6, 6.07) is 5.71. The summed E-state index contributed by atoms with van der Waals surface area (Å²) < 4.78 is 7.05. The smallest absolute Gasteiger partial charge is 0.0959 e. The van der Waals surface area contributed by atoms with E-state index in [9.17, 15) is 0 Å². The Labute approximate surface area is 82.3 Å². The molecule has 0 aliphatic carbocycles. The number of anilines is 1. The molecular formula is C10H13N3O. The number of hydrogen-bond acceptors (Lipinski definition) is 3. The lowest BCUT2D eigenvalue weighted by atomic mass is 10.3. The maximum absolute atomic E-state index is 5.71. The van der Waals surface area contributed by atoms with Crippen LogP contribution in [0, 0.1) is 0 Å². The predicted molar refractivity (Wildman–Crippen MR) is 56.0 cm³/mol. The Balaban J connectivity index is 2.40. The van der Waals surface area contributed by atoms with E-state index in [-0.39, 0.29) is 0 Å². The number of nitrogens with zero attached hydrogens (tertiary/aromatic N) is 2. The van der Waals surface area contributed by atoms with Crippen LogP contribution in [0.15, 0.2) is 24.5 Å². The van der Waals surface area contributed by atoms with E-state index in [1.807, 2.05) is 29.1 Å². The normalized spacial score (nSPS) is 10.9. The summed E-state index contributed by atoms with van der Waals surface area (Å²) >= 11 is 0. The molecule has 0 aliphatic rings. The number of hydrogen-bond donors (Lipinski definition) is 1. The summed E-state index contributed by atoms with van der Waals surface area (Å²) in [4.78, 5) is 4.26. The van der Waals surface area contributed by atoms with E-state index in [4.69, 9.17) is 10.5 Å². The van der Waals surface area contributed by atoms with Crippen LogP contribution < -0.4 is 5.73 Å². The minimum absolute atomic E-state index is 0.681. The minimum atomic E-state index is 0.681. The Morgan fingerprint density at radius 1 is 1.50 bits per heavy atom. The SMILES string of the molecule is COCCn1cnc2ccc(N)cc21. The van der Waals surface area contributed by atoms with Gasteiger partial charge in [-0.2, -0.15) is 0 Å². The van der Waals surface area contributed by atoms with Crippen LogP contribution in [0.4, 0.5) is 5.69 Å².